The average Bonchev–Trinajstić information content (AvgIpc) is 2.73. The molecule has 7 nitrogen and oxygen atoms in total. The van der Waals surface area contributed by atoms with Gasteiger partial charge in [-0.25, -0.2) is 0 Å². The SMILES string of the molecule is COc1cc(O)c(C=CC(=O)NC2CCCCC2)c(OC)c1CC(O)C(C)(C)OC. The first-order valence-corrected chi connectivity index (χ1v) is 10.4. The Morgan fingerprint density at radius 1 is 1.23 bits per heavy atom. The number of nitrogens with one attached hydrogen (secondary N) is 1. The van der Waals surface area contributed by atoms with E-state index in [1.54, 1.807) is 13.8 Å². The molecule has 1 fully saturated rings. The van der Waals surface area contributed by atoms with E-state index in [0.29, 0.717) is 22.6 Å². The predicted octanol–water partition coefficient (Wildman–Crippen LogP) is 3.20. The van der Waals surface area contributed by atoms with E-state index in [1.165, 1.54) is 46.0 Å². The largest absolute Gasteiger partial charge is 0.507 e. The van der Waals surface area contributed by atoms with Crippen molar-refractivity contribution in [3.8, 4) is 17.2 Å². The standard InChI is InChI=1S/C23H35NO6/c1-23(2,30-5)20(26)13-17-19(28-3)14-18(25)16(22(17)29-4)11-12-21(27)24-15-9-7-6-8-10-15/h11-12,14-15,20,25-26H,6-10,13H2,1-5H3,(H,24,27). The summed E-state index contributed by atoms with van der Waals surface area (Å²) < 4.78 is 16.3. The Morgan fingerprint density at radius 3 is 2.47 bits per heavy atom. The fraction of sp³-hybridized carbons (Fsp3) is 0.609. The highest BCUT2D eigenvalue weighted by Crippen LogP contribution is 2.41. The lowest BCUT2D eigenvalue weighted by Gasteiger charge is -2.30. The lowest BCUT2D eigenvalue weighted by molar-refractivity contribution is -0.117. The third-order valence-corrected chi connectivity index (χ3v) is 5.86. The molecule has 0 heterocycles. The molecule has 30 heavy (non-hydrogen) atoms. The maximum Gasteiger partial charge on any atom is 0.244 e. The van der Waals surface area contributed by atoms with Gasteiger partial charge in [-0.1, -0.05) is 19.3 Å². The molecule has 2 rings (SSSR count). The molecule has 1 atom stereocenters. The van der Waals surface area contributed by atoms with Gasteiger partial charge >= 0.3 is 0 Å². The molecular weight excluding hydrogens is 386 g/mol. The summed E-state index contributed by atoms with van der Waals surface area (Å²) in [4.78, 5) is 12.4. The molecule has 1 aromatic carbocycles. The number of phenols is 1. The maximum absolute atomic E-state index is 12.4. The van der Waals surface area contributed by atoms with Gasteiger partial charge < -0.3 is 29.7 Å². The number of phenolic OH excluding ortho intramolecular Hbond substituents is 1. The first-order valence-electron chi connectivity index (χ1n) is 10.4. The van der Waals surface area contributed by atoms with Gasteiger partial charge in [-0.2, -0.15) is 0 Å². The van der Waals surface area contributed by atoms with E-state index in [4.69, 9.17) is 14.2 Å². The number of aliphatic hydroxyl groups excluding tert-OH is 1. The second kappa shape index (κ2) is 10.7. The summed E-state index contributed by atoms with van der Waals surface area (Å²) >= 11 is 0. The zero-order valence-corrected chi connectivity index (χ0v) is 18.7. The number of aromatic hydroxyl groups is 1. The number of carbonyl (C=O) groups is 1. The summed E-state index contributed by atoms with van der Waals surface area (Å²) in [5, 5.41) is 24.2. The van der Waals surface area contributed by atoms with Crippen LogP contribution in [0.2, 0.25) is 0 Å². The number of carbonyl (C=O) groups excluding carboxylic acids is 1. The van der Waals surface area contributed by atoms with Crippen LogP contribution in [0.4, 0.5) is 0 Å². The van der Waals surface area contributed by atoms with Gasteiger partial charge in [0, 0.05) is 37.3 Å². The van der Waals surface area contributed by atoms with Gasteiger partial charge in [0.15, 0.2) is 0 Å². The van der Waals surface area contributed by atoms with Crippen molar-refractivity contribution >= 4 is 12.0 Å². The summed E-state index contributed by atoms with van der Waals surface area (Å²) in [5.41, 5.74) is 0.154. The zero-order chi connectivity index (χ0) is 22.3. The molecule has 0 bridgehead atoms. The number of methoxy groups -OCH3 is 3. The van der Waals surface area contributed by atoms with Crippen LogP contribution >= 0.6 is 0 Å². The fourth-order valence-corrected chi connectivity index (χ4v) is 3.68. The van der Waals surface area contributed by atoms with Crippen LogP contribution in [0.5, 0.6) is 17.2 Å². The molecule has 0 aliphatic heterocycles. The molecule has 7 heteroatoms. The molecule has 3 N–H and O–H groups in total. The van der Waals surface area contributed by atoms with Gasteiger partial charge in [-0.15, -0.1) is 0 Å². The van der Waals surface area contributed by atoms with Crippen molar-refractivity contribution in [1.82, 2.24) is 5.32 Å². The van der Waals surface area contributed by atoms with Crippen LogP contribution in [-0.2, 0) is 16.0 Å². The van der Waals surface area contributed by atoms with E-state index in [1.807, 2.05) is 0 Å². The second-order valence-electron chi connectivity index (χ2n) is 8.23. The van der Waals surface area contributed by atoms with Gasteiger partial charge in [0.1, 0.15) is 17.2 Å². The fourth-order valence-electron chi connectivity index (χ4n) is 3.68. The Kier molecular flexibility index (Phi) is 8.55. The summed E-state index contributed by atoms with van der Waals surface area (Å²) in [6, 6.07) is 1.66. The Hall–Kier alpha value is -2.25. The second-order valence-corrected chi connectivity index (χ2v) is 8.23. The summed E-state index contributed by atoms with van der Waals surface area (Å²) in [5.74, 6) is 0.453. The first kappa shape index (κ1) is 24.0. The van der Waals surface area contributed by atoms with Crippen LogP contribution in [-0.4, -0.2) is 55.2 Å². The number of amides is 1. The highest BCUT2D eigenvalue weighted by atomic mass is 16.5. The van der Waals surface area contributed by atoms with E-state index < -0.39 is 11.7 Å². The Labute approximate surface area is 179 Å². The third-order valence-electron chi connectivity index (χ3n) is 5.86. The van der Waals surface area contributed by atoms with Gasteiger partial charge in [-0.3, -0.25) is 4.79 Å². The smallest absolute Gasteiger partial charge is 0.244 e. The molecule has 1 aliphatic carbocycles. The Balaban J connectivity index is 2.31. The van der Waals surface area contributed by atoms with Gasteiger partial charge in [0.05, 0.1) is 31.5 Å². The van der Waals surface area contributed by atoms with Crippen molar-refractivity contribution in [2.75, 3.05) is 21.3 Å². The minimum atomic E-state index is -0.846. The molecule has 168 valence electrons. The minimum absolute atomic E-state index is 0.0744. The number of hydrogen-bond acceptors (Lipinski definition) is 6. The van der Waals surface area contributed by atoms with Crippen LogP contribution < -0.4 is 14.8 Å². The van der Waals surface area contributed by atoms with Crippen LogP contribution in [0.1, 0.15) is 57.1 Å². The first-order chi connectivity index (χ1) is 14.2. The van der Waals surface area contributed by atoms with E-state index in [0.717, 1.165) is 25.7 Å². The molecular formula is C23H35NO6. The highest BCUT2D eigenvalue weighted by Gasteiger charge is 2.30. The van der Waals surface area contributed by atoms with E-state index in [-0.39, 0.29) is 24.1 Å². The van der Waals surface area contributed by atoms with Gasteiger partial charge in [0.25, 0.3) is 0 Å². The average molecular weight is 422 g/mol. The van der Waals surface area contributed by atoms with Crippen LogP contribution in [0.25, 0.3) is 6.08 Å². The lowest BCUT2D eigenvalue weighted by Crippen LogP contribution is -2.39. The monoisotopic (exact) mass is 421 g/mol. The topological polar surface area (TPSA) is 97.3 Å². The predicted molar refractivity (Wildman–Crippen MR) is 116 cm³/mol. The van der Waals surface area contributed by atoms with E-state index >= 15 is 0 Å². The number of ether oxygens (including phenoxy) is 3. The van der Waals surface area contributed by atoms with Crippen molar-refractivity contribution < 1.29 is 29.2 Å². The summed E-state index contributed by atoms with van der Waals surface area (Å²) in [7, 11) is 4.50. The summed E-state index contributed by atoms with van der Waals surface area (Å²) in [6.07, 6.45) is 7.73. The molecule has 1 unspecified atom stereocenters. The van der Waals surface area contributed by atoms with Crippen molar-refractivity contribution in [3.63, 3.8) is 0 Å². The van der Waals surface area contributed by atoms with Crippen LogP contribution in [0.3, 0.4) is 0 Å². The van der Waals surface area contributed by atoms with Crippen LogP contribution in [0.15, 0.2) is 12.1 Å². The van der Waals surface area contributed by atoms with Crippen LogP contribution in [0, 0.1) is 0 Å². The number of rotatable bonds is 9. The normalized spacial score (nSPS) is 16.5. The minimum Gasteiger partial charge on any atom is -0.507 e. The molecule has 0 aromatic heterocycles. The molecule has 0 saturated heterocycles. The molecule has 0 radical (unpaired) electrons. The molecule has 1 amide bonds. The third kappa shape index (κ3) is 5.89. The molecule has 1 saturated carbocycles. The van der Waals surface area contributed by atoms with Crippen molar-refractivity contribution in [2.45, 2.75) is 70.1 Å². The quantitative estimate of drug-likeness (QED) is 0.530. The van der Waals surface area contributed by atoms with Gasteiger partial charge in [-0.05, 0) is 32.8 Å². The van der Waals surface area contributed by atoms with E-state index in [2.05, 4.69) is 5.32 Å². The van der Waals surface area contributed by atoms with Crippen molar-refractivity contribution in [3.05, 3.63) is 23.3 Å². The number of hydrogen-bond donors (Lipinski definition) is 3. The van der Waals surface area contributed by atoms with Crippen molar-refractivity contribution in [2.24, 2.45) is 0 Å². The Bertz CT molecular complexity index is 753. The molecule has 1 aliphatic rings. The number of benzene rings is 1. The summed E-state index contributed by atoms with van der Waals surface area (Å²) in [6.45, 7) is 3.57. The number of aliphatic hydroxyl groups is 1. The van der Waals surface area contributed by atoms with E-state index in [9.17, 15) is 15.0 Å². The maximum atomic E-state index is 12.4. The lowest BCUT2D eigenvalue weighted by atomic mass is 9.92. The highest BCUT2D eigenvalue weighted by molar-refractivity contribution is 5.93. The molecule has 1 aromatic rings. The van der Waals surface area contributed by atoms with Gasteiger partial charge in [0.2, 0.25) is 5.91 Å². The zero-order valence-electron chi connectivity index (χ0n) is 18.7. The van der Waals surface area contributed by atoms with Crippen molar-refractivity contribution in [1.29, 1.82) is 0 Å². The molecule has 0 spiro atoms. The Morgan fingerprint density at radius 2 is 1.90 bits per heavy atom.